The Kier molecular flexibility index (Phi) is 3.15. The van der Waals surface area contributed by atoms with Crippen molar-refractivity contribution in [2.75, 3.05) is 0 Å². The van der Waals surface area contributed by atoms with Gasteiger partial charge in [-0.2, -0.15) is 0 Å². The topological polar surface area (TPSA) is 50.2 Å². The van der Waals surface area contributed by atoms with E-state index < -0.39 is 5.97 Å². The second-order valence-corrected chi connectivity index (χ2v) is 5.42. The highest BCUT2D eigenvalue weighted by molar-refractivity contribution is 6.35. The predicted octanol–water partition coefficient (Wildman–Crippen LogP) is 4.24. The summed E-state index contributed by atoms with van der Waals surface area (Å²) in [5.74, 6) is -0.487. The van der Waals surface area contributed by atoms with E-state index in [0.717, 1.165) is 5.69 Å². The molecule has 3 nitrogen and oxygen atoms in total. The highest BCUT2D eigenvalue weighted by atomic mass is 35.5. The SMILES string of the molecule is O=C(O)c1c(Cl)ccc2nc(C3CCCC3)ccc12. The number of pyridine rings is 1. The summed E-state index contributed by atoms with van der Waals surface area (Å²) in [7, 11) is 0. The molecule has 98 valence electrons. The standard InChI is InChI=1S/C15H14ClNO2/c16-11-6-8-13-10(14(11)15(18)19)5-7-12(17-13)9-3-1-2-4-9/h5-9H,1-4H2,(H,18,19). The maximum Gasteiger partial charge on any atom is 0.337 e. The summed E-state index contributed by atoms with van der Waals surface area (Å²) in [5.41, 5.74) is 1.93. The smallest absolute Gasteiger partial charge is 0.337 e. The van der Waals surface area contributed by atoms with E-state index in [0.29, 0.717) is 16.8 Å². The molecule has 1 aromatic heterocycles. The molecule has 1 aromatic carbocycles. The van der Waals surface area contributed by atoms with Crippen LogP contribution >= 0.6 is 11.6 Å². The van der Waals surface area contributed by atoms with E-state index in [-0.39, 0.29) is 10.6 Å². The number of hydrogen-bond acceptors (Lipinski definition) is 2. The Morgan fingerprint density at radius 1 is 1.21 bits per heavy atom. The average Bonchev–Trinajstić information content (AvgIpc) is 2.91. The number of halogens is 1. The van der Waals surface area contributed by atoms with Gasteiger partial charge < -0.3 is 5.11 Å². The fourth-order valence-electron chi connectivity index (χ4n) is 2.86. The highest BCUT2D eigenvalue weighted by Gasteiger charge is 2.20. The number of carboxylic acid groups (broad SMARTS) is 1. The Labute approximate surface area is 116 Å². The summed E-state index contributed by atoms with van der Waals surface area (Å²) in [6, 6.07) is 7.19. The van der Waals surface area contributed by atoms with Crippen molar-refractivity contribution in [1.29, 1.82) is 0 Å². The molecule has 0 aliphatic heterocycles. The van der Waals surface area contributed by atoms with Crippen LogP contribution in [0.4, 0.5) is 0 Å². The summed E-state index contributed by atoms with van der Waals surface area (Å²) in [6.07, 6.45) is 4.87. The molecule has 3 rings (SSSR count). The third kappa shape index (κ3) is 2.19. The quantitative estimate of drug-likeness (QED) is 0.892. The van der Waals surface area contributed by atoms with Crippen LogP contribution in [0.3, 0.4) is 0 Å². The molecular formula is C15H14ClNO2. The maximum atomic E-state index is 11.3. The lowest BCUT2D eigenvalue weighted by atomic mass is 10.0. The van der Waals surface area contributed by atoms with Crippen LogP contribution in [-0.4, -0.2) is 16.1 Å². The Morgan fingerprint density at radius 3 is 2.63 bits per heavy atom. The van der Waals surface area contributed by atoms with Gasteiger partial charge in [0.1, 0.15) is 0 Å². The van der Waals surface area contributed by atoms with Crippen molar-refractivity contribution in [1.82, 2.24) is 4.98 Å². The van der Waals surface area contributed by atoms with E-state index in [1.54, 1.807) is 12.1 Å². The van der Waals surface area contributed by atoms with Crippen LogP contribution in [0.2, 0.25) is 5.02 Å². The molecule has 1 heterocycles. The number of carbonyl (C=O) groups is 1. The maximum absolute atomic E-state index is 11.3. The molecule has 1 aliphatic rings. The summed E-state index contributed by atoms with van der Waals surface area (Å²) >= 11 is 5.96. The van der Waals surface area contributed by atoms with Gasteiger partial charge in [0.2, 0.25) is 0 Å². The number of fused-ring (bicyclic) bond motifs is 1. The number of carboxylic acids is 1. The third-order valence-electron chi connectivity index (χ3n) is 3.83. The minimum Gasteiger partial charge on any atom is -0.478 e. The lowest BCUT2D eigenvalue weighted by molar-refractivity contribution is 0.0699. The van der Waals surface area contributed by atoms with Crippen LogP contribution in [-0.2, 0) is 0 Å². The van der Waals surface area contributed by atoms with Gasteiger partial charge >= 0.3 is 5.97 Å². The number of nitrogens with zero attached hydrogens (tertiary/aromatic N) is 1. The molecular weight excluding hydrogens is 262 g/mol. The summed E-state index contributed by atoms with van der Waals surface area (Å²) in [6.45, 7) is 0. The Balaban J connectivity index is 2.14. The number of aromatic carboxylic acids is 1. The monoisotopic (exact) mass is 275 g/mol. The molecule has 4 heteroatoms. The third-order valence-corrected chi connectivity index (χ3v) is 4.14. The first-order chi connectivity index (χ1) is 9.16. The molecule has 0 unspecified atom stereocenters. The molecule has 0 radical (unpaired) electrons. The van der Waals surface area contributed by atoms with Crippen molar-refractivity contribution in [3.63, 3.8) is 0 Å². The molecule has 19 heavy (non-hydrogen) atoms. The number of benzene rings is 1. The molecule has 0 spiro atoms. The number of rotatable bonds is 2. The molecule has 0 atom stereocenters. The van der Waals surface area contributed by atoms with Gasteiger partial charge in [0.15, 0.2) is 0 Å². The van der Waals surface area contributed by atoms with Crippen molar-refractivity contribution in [2.45, 2.75) is 31.6 Å². The minimum absolute atomic E-state index is 0.143. The molecule has 1 saturated carbocycles. The summed E-state index contributed by atoms with van der Waals surface area (Å²) < 4.78 is 0. The highest BCUT2D eigenvalue weighted by Crippen LogP contribution is 2.34. The van der Waals surface area contributed by atoms with Crippen LogP contribution in [0.25, 0.3) is 10.9 Å². The lowest BCUT2D eigenvalue weighted by Crippen LogP contribution is -2.02. The molecule has 1 N–H and O–H groups in total. The van der Waals surface area contributed by atoms with E-state index >= 15 is 0 Å². The van der Waals surface area contributed by atoms with Crippen LogP contribution in [0, 0.1) is 0 Å². The molecule has 2 aromatic rings. The fourth-order valence-corrected chi connectivity index (χ4v) is 3.11. The van der Waals surface area contributed by atoms with Crippen LogP contribution in [0.15, 0.2) is 24.3 Å². The normalized spacial score (nSPS) is 16.1. The van der Waals surface area contributed by atoms with Crippen molar-refractivity contribution < 1.29 is 9.90 Å². The zero-order valence-electron chi connectivity index (χ0n) is 10.4. The van der Waals surface area contributed by atoms with E-state index in [4.69, 9.17) is 11.6 Å². The lowest BCUT2D eigenvalue weighted by Gasteiger charge is -2.11. The van der Waals surface area contributed by atoms with Crippen LogP contribution in [0.5, 0.6) is 0 Å². The largest absolute Gasteiger partial charge is 0.478 e. The zero-order valence-corrected chi connectivity index (χ0v) is 11.2. The van der Waals surface area contributed by atoms with Gasteiger partial charge in [0, 0.05) is 17.0 Å². The van der Waals surface area contributed by atoms with Crippen molar-refractivity contribution >= 4 is 28.5 Å². The minimum atomic E-state index is -1.01. The molecule has 1 aliphatic carbocycles. The summed E-state index contributed by atoms with van der Waals surface area (Å²) in [4.78, 5) is 15.9. The van der Waals surface area contributed by atoms with Crippen molar-refractivity contribution in [3.05, 3.63) is 40.5 Å². The van der Waals surface area contributed by atoms with Gasteiger partial charge in [-0.05, 0) is 31.0 Å². The van der Waals surface area contributed by atoms with E-state index in [9.17, 15) is 9.90 Å². The molecule has 0 bridgehead atoms. The second kappa shape index (κ2) is 4.82. The van der Waals surface area contributed by atoms with Gasteiger partial charge in [-0.25, -0.2) is 4.79 Å². The van der Waals surface area contributed by atoms with Crippen LogP contribution < -0.4 is 0 Å². The van der Waals surface area contributed by atoms with Gasteiger partial charge in [-0.3, -0.25) is 4.98 Å². The van der Waals surface area contributed by atoms with Gasteiger partial charge in [-0.1, -0.05) is 30.5 Å². The molecule has 0 saturated heterocycles. The van der Waals surface area contributed by atoms with E-state index in [1.807, 2.05) is 12.1 Å². The summed E-state index contributed by atoms with van der Waals surface area (Å²) in [5, 5.41) is 10.1. The average molecular weight is 276 g/mol. The predicted molar refractivity (Wildman–Crippen MR) is 74.9 cm³/mol. The van der Waals surface area contributed by atoms with Crippen molar-refractivity contribution in [3.8, 4) is 0 Å². The van der Waals surface area contributed by atoms with Crippen LogP contribution in [0.1, 0.15) is 47.7 Å². The molecule has 0 amide bonds. The van der Waals surface area contributed by atoms with E-state index in [1.165, 1.54) is 25.7 Å². The van der Waals surface area contributed by atoms with Gasteiger partial charge in [0.05, 0.1) is 16.1 Å². The first-order valence-electron chi connectivity index (χ1n) is 6.49. The molecule has 1 fully saturated rings. The van der Waals surface area contributed by atoms with Gasteiger partial charge in [0.25, 0.3) is 0 Å². The second-order valence-electron chi connectivity index (χ2n) is 5.01. The number of hydrogen-bond donors (Lipinski definition) is 1. The fraction of sp³-hybridized carbons (Fsp3) is 0.333. The number of aromatic nitrogens is 1. The Morgan fingerprint density at radius 2 is 1.95 bits per heavy atom. The zero-order chi connectivity index (χ0) is 13.4. The van der Waals surface area contributed by atoms with Crippen molar-refractivity contribution in [2.24, 2.45) is 0 Å². The first-order valence-corrected chi connectivity index (χ1v) is 6.87. The van der Waals surface area contributed by atoms with Gasteiger partial charge in [-0.15, -0.1) is 0 Å². The first kappa shape index (κ1) is 12.4. The Hall–Kier alpha value is -1.61. The van der Waals surface area contributed by atoms with E-state index in [2.05, 4.69) is 4.98 Å². The Bertz CT molecular complexity index is 648.